The Morgan fingerprint density at radius 3 is 2.30 bits per heavy atom. The van der Waals surface area contributed by atoms with Crippen molar-refractivity contribution in [3.63, 3.8) is 0 Å². The number of hydrogen-bond acceptors (Lipinski definition) is 3. The van der Waals surface area contributed by atoms with E-state index in [1.807, 2.05) is 12.1 Å². The third-order valence-electron chi connectivity index (χ3n) is 3.53. The van der Waals surface area contributed by atoms with Crippen LogP contribution in [0.15, 0.2) is 24.3 Å². The van der Waals surface area contributed by atoms with Crippen molar-refractivity contribution in [2.75, 3.05) is 17.7 Å². The molecule has 0 unspecified atom stereocenters. The van der Waals surface area contributed by atoms with Crippen molar-refractivity contribution in [1.29, 1.82) is 0 Å². The molecule has 0 radical (unpaired) electrons. The SMILES string of the molecule is CNC(C)(C)C(=O)Nc1cccc(NC(=O)C2CC2)c1. The normalized spacial score (nSPS) is 14.8. The molecule has 20 heavy (non-hydrogen) atoms. The van der Waals surface area contributed by atoms with Crippen LogP contribution in [0, 0.1) is 5.92 Å². The van der Waals surface area contributed by atoms with Crippen LogP contribution in [-0.4, -0.2) is 24.4 Å². The van der Waals surface area contributed by atoms with Gasteiger partial charge in [0.2, 0.25) is 11.8 Å². The Morgan fingerprint density at radius 1 is 1.15 bits per heavy atom. The van der Waals surface area contributed by atoms with Gasteiger partial charge in [0.15, 0.2) is 0 Å². The fraction of sp³-hybridized carbons (Fsp3) is 0.467. The maximum atomic E-state index is 12.1. The van der Waals surface area contributed by atoms with Crippen molar-refractivity contribution < 1.29 is 9.59 Å². The Labute approximate surface area is 119 Å². The second-order valence-electron chi connectivity index (χ2n) is 5.67. The first-order chi connectivity index (χ1) is 9.42. The molecule has 1 saturated carbocycles. The molecule has 2 rings (SSSR count). The van der Waals surface area contributed by atoms with Gasteiger partial charge in [-0.3, -0.25) is 9.59 Å². The number of hydrogen-bond donors (Lipinski definition) is 3. The van der Waals surface area contributed by atoms with E-state index in [2.05, 4.69) is 16.0 Å². The Kier molecular flexibility index (Phi) is 4.09. The molecule has 1 aromatic rings. The minimum absolute atomic E-state index is 0.0593. The number of likely N-dealkylation sites (N-methyl/N-ethyl adjacent to an activating group) is 1. The number of carbonyl (C=O) groups excluding carboxylic acids is 2. The fourth-order valence-corrected chi connectivity index (χ4v) is 1.67. The van der Waals surface area contributed by atoms with E-state index in [1.54, 1.807) is 33.0 Å². The third kappa shape index (κ3) is 3.57. The monoisotopic (exact) mass is 275 g/mol. The van der Waals surface area contributed by atoms with Gasteiger partial charge in [-0.05, 0) is 51.9 Å². The van der Waals surface area contributed by atoms with Gasteiger partial charge in [-0.1, -0.05) is 6.07 Å². The lowest BCUT2D eigenvalue weighted by Crippen LogP contribution is -2.47. The van der Waals surface area contributed by atoms with Gasteiger partial charge >= 0.3 is 0 Å². The lowest BCUT2D eigenvalue weighted by Gasteiger charge is -2.22. The zero-order valence-corrected chi connectivity index (χ0v) is 12.1. The van der Waals surface area contributed by atoms with E-state index in [0.717, 1.165) is 12.8 Å². The minimum atomic E-state index is -0.646. The molecule has 0 bridgehead atoms. The maximum absolute atomic E-state index is 12.1. The van der Waals surface area contributed by atoms with Gasteiger partial charge < -0.3 is 16.0 Å². The first kappa shape index (κ1) is 14.5. The van der Waals surface area contributed by atoms with Gasteiger partial charge in [0, 0.05) is 17.3 Å². The summed E-state index contributed by atoms with van der Waals surface area (Å²) in [6.07, 6.45) is 1.94. The molecule has 0 heterocycles. The number of benzene rings is 1. The van der Waals surface area contributed by atoms with E-state index >= 15 is 0 Å². The van der Waals surface area contributed by atoms with E-state index in [4.69, 9.17) is 0 Å². The van der Waals surface area contributed by atoms with Crippen LogP contribution >= 0.6 is 0 Å². The third-order valence-corrected chi connectivity index (χ3v) is 3.53. The van der Waals surface area contributed by atoms with Gasteiger partial charge in [0.05, 0.1) is 5.54 Å². The number of anilines is 2. The van der Waals surface area contributed by atoms with Crippen LogP contribution in [0.1, 0.15) is 26.7 Å². The summed E-state index contributed by atoms with van der Waals surface area (Å²) in [5.74, 6) is 0.103. The van der Waals surface area contributed by atoms with E-state index < -0.39 is 5.54 Å². The van der Waals surface area contributed by atoms with Crippen molar-refractivity contribution in [1.82, 2.24) is 5.32 Å². The van der Waals surface area contributed by atoms with Gasteiger partial charge in [0.1, 0.15) is 0 Å². The summed E-state index contributed by atoms with van der Waals surface area (Å²) < 4.78 is 0. The highest BCUT2D eigenvalue weighted by Gasteiger charge is 2.29. The highest BCUT2D eigenvalue weighted by Crippen LogP contribution is 2.30. The number of amides is 2. The van der Waals surface area contributed by atoms with Crippen molar-refractivity contribution in [2.45, 2.75) is 32.2 Å². The first-order valence-corrected chi connectivity index (χ1v) is 6.83. The minimum Gasteiger partial charge on any atom is -0.326 e. The average Bonchev–Trinajstić information content (AvgIpc) is 3.23. The number of carbonyl (C=O) groups is 2. The Balaban J connectivity index is 2.02. The molecule has 5 heteroatoms. The Morgan fingerprint density at radius 2 is 1.75 bits per heavy atom. The van der Waals surface area contributed by atoms with E-state index in [0.29, 0.717) is 11.4 Å². The molecule has 1 aliphatic carbocycles. The summed E-state index contributed by atoms with van der Waals surface area (Å²) in [4.78, 5) is 23.8. The lowest BCUT2D eigenvalue weighted by molar-refractivity contribution is -0.121. The highest BCUT2D eigenvalue weighted by atomic mass is 16.2. The summed E-state index contributed by atoms with van der Waals surface area (Å²) >= 11 is 0. The van der Waals surface area contributed by atoms with Crippen molar-refractivity contribution in [2.24, 2.45) is 5.92 Å². The van der Waals surface area contributed by atoms with Gasteiger partial charge in [0.25, 0.3) is 0 Å². The zero-order chi connectivity index (χ0) is 14.8. The predicted octanol–water partition coefficient (Wildman–Crippen LogP) is 1.97. The molecule has 1 aliphatic rings. The summed E-state index contributed by atoms with van der Waals surface area (Å²) in [5.41, 5.74) is 0.738. The van der Waals surface area contributed by atoms with Crippen LogP contribution < -0.4 is 16.0 Å². The molecule has 0 atom stereocenters. The number of rotatable bonds is 5. The molecular weight excluding hydrogens is 254 g/mol. The van der Waals surface area contributed by atoms with Gasteiger partial charge in [-0.25, -0.2) is 0 Å². The Hall–Kier alpha value is -1.88. The number of nitrogens with one attached hydrogen (secondary N) is 3. The van der Waals surface area contributed by atoms with E-state index in [-0.39, 0.29) is 17.7 Å². The van der Waals surface area contributed by atoms with Gasteiger partial charge in [-0.15, -0.1) is 0 Å². The molecule has 2 amide bonds. The molecule has 0 aromatic heterocycles. The van der Waals surface area contributed by atoms with E-state index in [1.165, 1.54) is 0 Å². The van der Waals surface area contributed by atoms with Crippen LogP contribution in [0.25, 0.3) is 0 Å². The summed E-state index contributed by atoms with van der Waals surface area (Å²) in [6.45, 7) is 3.61. The lowest BCUT2D eigenvalue weighted by atomic mass is 10.1. The fourth-order valence-electron chi connectivity index (χ4n) is 1.67. The molecule has 3 N–H and O–H groups in total. The van der Waals surface area contributed by atoms with Gasteiger partial charge in [-0.2, -0.15) is 0 Å². The maximum Gasteiger partial charge on any atom is 0.244 e. The second-order valence-corrected chi connectivity index (χ2v) is 5.67. The molecule has 1 aromatic carbocycles. The molecule has 0 aliphatic heterocycles. The summed E-state index contributed by atoms with van der Waals surface area (Å²) in [6, 6.07) is 7.20. The van der Waals surface area contributed by atoms with Crippen molar-refractivity contribution >= 4 is 23.2 Å². The Bertz CT molecular complexity index is 522. The second kappa shape index (κ2) is 5.63. The summed E-state index contributed by atoms with van der Waals surface area (Å²) in [5, 5.41) is 8.65. The smallest absolute Gasteiger partial charge is 0.244 e. The quantitative estimate of drug-likeness (QED) is 0.769. The zero-order valence-electron chi connectivity index (χ0n) is 12.1. The van der Waals surface area contributed by atoms with Crippen molar-refractivity contribution in [3.8, 4) is 0 Å². The topological polar surface area (TPSA) is 70.2 Å². The van der Waals surface area contributed by atoms with Crippen LogP contribution in [0.5, 0.6) is 0 Å². The predicted molar refractivity (Wildman–Crippen MR) is 79.6 cm³/mol. The standard InChI is InChI=1S/C15H21N3O2/c1-15(2,16-3)14(20)18-12-6-4-5-11(9-12)17-13(19)10-7-8-10/h4-6,9-10,16H,7-8H2,1-3H3,(H,17,19)(H,18,20). The summed E-state index contributed by atoms with van der Waals surface area (Å²) in [7, 11) is 1.74. The molecular formula is C15H21N3O2. The van der Waals surface area contributed by atoms with Crippen molar-refractivity contribution in [3.05, 3.63) is 24.3 Å². The van der Waals surface area contributed by atoms with Crippen LogP contribution in [0.3, 0.4) is 0 Å². The molecule has 108 valence electrons. The van der Waals surface area contributed by atoms with Crippen LogP contribution in [0.2, 0.25) is 0 Å². The molecule has 1 fully saturated rings. The molecule has 5 nitrogen and oxygen atoms in total. The first-order valence-electron chi connectivity index (χ1n) is 6.83. The highest BCUT2D eigenvalue weighted by molar-refractivity contribution is 5.99. The van der Waals surface area contributed by atoms with E-state index in [9.17, 15) is 9.59 Å². The largest absolute Gasteiger partial charge is 0.326 e. The molecule has 0 spiro atoms. The molecule has 0 saturated heterocycles. The van der Waals surface area contributed by atoms with Crippen LogP contribution in [0.4, 0.5) is 11.4 Å². The average molecular weight is 275 g/mol. The van der Waals surface area contributed by atoms with Crippen LogP contribution in [-0.2, 0) is 9.59 Å².